The van der Waals surface area contributed by atoms with Gasteiger partial charge in [0.15, 0.2) is 5.76 Å². The van der Waals surface area contributed by atoms with Crippen LogP contribution in [-0.4, -0.2) is 5.16 Å². The summed E-state index contributed by atoms with van der Waals surface area (Å²) in [6.07, 6.45) is 4.94. The number of aromatic nitrogens is 1. The average molecular weight is 331 g/mol. The molecule has 25 heavy (non-hydrogen) atoms. The molecular weight excluding hydrogens is 306 g/mol. The van der Waals surface area contributed by atoms with Gasteiger partial charge >= 0.3 is 0 Å². The van der Waals surface area contributed by atoms with Crippen molar-refractivity contribution in [1.82, 2.24) is 5.16 Å². The lowest BCUT2D eigenvalue weighted by Crippen LogP contribution is -1.85. The maximum Gasteiger partial charge on any atom is 0.167 e. The van der Waals surface area contributed by atoms with Gasteiger partial charge in [-0.3, -0.25) is 0 Å². The Morgan fingerprint density at radius 3 is 2.28 bits per heavy atom. The van der Waals surface area contributed by atoms with E-state index in [-0.39, 0.29) is 0 Å². The highest BCUT2D eigenvalue weighted by molar-refractivity contribution is 5.69. The number of benzene rings is 2. The lowest BCUT2D eigenvalue weighted by Gasteiger charge is -2.02. The summed E-state index contributed by atoms with van der Waals surface area (Å²) in [6, 6.07) is 18.9. The van der Waals surface area contributed by atoms with E-state index in [2.05, 4.69) is 67.2 Å². The fourth-order valence-electron chi connectivity index (χ4n) is 2.89. The van der Waals surface area contributed by atoms with E-state index in [9.17, 15) is 0 Å². The van der Waals surface area contributed by atoms with E-state index in [0.717, 1.165) is 40.1 Å². The van der Waals surface area contributed by atoms with Crippen LogP contribution in [-0.2, 0) is 6.42 Å². The third-order valence-electron chi connectivity index (χ3n) is 4.49. The zero-order valence-corrected chi connectivity index (χ0v) is 15.1. The monoisotopic (exact) mass is 331 g/mol. The molecule has 0 atom stereocenters. The molecule has 0 N–H and O–H groups in total. The van der Waals surface area contributed by atoms with Gasteiger partial charge in [0.05, 0.1) is 0 Å². The predicted octanol–water partition coefficient (Wildman–Crippen LogP) is 6.77. The van der Waals surface area contributed by atoms with Gasteiger partial charge in [-0.15, -0.1) is 0 Å². The minimum atomic E-state index is 0.805. The lowest BCUT2D eigenvalue weighted by atomic mass is 10.0. The molecule has 0 aliphatic rings. The first kappa shape index (κ1) is 17.2. The van der Waals surface area contributed by atoms with Crippen LogP contribution in [0.1, 0.15) is 44.2 Å². The third kappa shape index (κ3) is 4.27. The Morgan fingerprint density at radius 1 is 0.960 bits per heavy atom. The number of allylic oxidation sites excluding steroid dienone is 1. The van der Waals surface area contributed by atoms with Gasteiger partial charge in [0, 0.05) is 17.2 Å². The first-order chi connectivity index (χ1) is 12.2. The van der Waals surface area contributed by atoms with E-state index in [1.165, 1.54) is 24.8 Å². The van der Waals surface area contributed by atoms with Crippen molar-refractivity contribution < 1.29 is 4.52 Å². The van der Waals surface area contributed by atoms with Crippen LogP contribution in [0.2, 0.25) is 0 Å². The van der Waals surface area contributed by atoms with Gasteiger partial charge < -0.3 is 4.52 Å². The number of hydrogen-bond donors (Lipinski definition) is 0. The number of nitrogens with zero attached hydrogens (tertiary/aromatic N) is 1. The molecule has 3 rings (SSSR count). The van der Waals surface area contributed by atoms with Crippen molar-refractivity contribution in [2.45, 2.75) is 39.5 Å². The molecule has 0 unspecified atom stereocenters. The maximum atomic E-state index is 5.55. The zero-order valence-electron chi connectivity index (χ0n) is 15.1. The van der Waals surface area contributed by atoms with E-state index < -0.39 is 0 Å². The highest BCUT2D eigenvalue weighted by atomic mass is 16.5. The number of aryl methyl sites for hydroxylation is 1. The normalized spacial score (nSPS) is 10.8. The topological polar surface area (TPSA) is 26.0 Å². The Morgan fingerprint density at radius 2 is 1.64 bits per heavy atom. The van der Waals surface area contributed by atoms with E-state index in [4.69, 9.17) is 4.52 Å². The Bertz CT molecular complexity index is 825. The molecule has 0 fully saturated rings. The molecule has 0 aliphatic heterocycles. The molecule has 0 radical (unpaired) electrons. The highest BCUT2D eigenvalue weighted by Crippen LogP contribution is 2.27. The van der Waals surface area contributed by atoms with Gasteiger partial charge in [0.1, 0.15) is 5.69 Å². The first-order valence-electron chi connectivity index (χ1n) is 8.99. The standard InChI is InChI=1S/C23H25NO/c1-4-5-6-7-18-8-10-21(11-9-18)23-16-22(24-25-23)20-14-12-19(13-15-20)17(2)3/h8-16H,2,4-7H2,1,3H3. The molecule has 2 nitrogen and oxygen atoms in total. The zero-order chi connectivity index (χ0) is 17.6. The summed E-state index contributed by atoms with van der Waals surface area (Å²) in [4.78, 5) is 0. The van der Waals surface area contributed by atoms with E-state index in [1.54, 1.807) is 0 Å². The van der Waals surface area contributed by atoms with Crippen molar-refractivity contribution in [3.05, 3.63) is 72.3 Å². The first-order valence-corrected chi connectivity index (χ1v) is 8.99. The van der Waals surface area contributed by atoms with Crippen LogP contribution in [0.25, 0.3) is 28.2 Å². The van der Waals surface area contributed by atoms with Crippen molar-refractivity contribution in [3.8, 4) is 22.6 Å². The molecule has 0 bridgehead atoms. The Labute approximate surface area is 150 Å². The number of unbranched alkanes of at least 4 members (excludes halogenated alkanes) is 2. The molecule has 2 heteroatoms. The van der Waals surface area contributed by atoms with Gasteiger partial charge in [-0.25, -0.2) is 0 Å². The summed E-state index contributed by atoms with van der Waals surface area (Å²) < 4.78 is 5.55. The maximum absolute atomic E-state index is 5.55. The summed E-state index contributed by atoms with van der Waals surface area (Å²) in [5.74, 6) is 0.805. The summed E-state index contributed by atoms with van der Waals surface area (Å²) in [5, 5.41) is 4.22. The van der Waals surface area contributed by atoms with Crippen molar-refractivity contribution in [2.75, 3.05) is 0 Å². The Balaban J connectivity index is 1.73. The van der Waals surface area contributed by atoms with Gasteiger partial charge in [-0.1, -0.05) is 85.6 Å². The second-order valence-electron chi connectivity index (χ2n) is 6.59. The van der Waals surface area contributed by atoms with E-state index in [1.807, 2.05) is 13.0 Å². The lowest BCUT2D eigenvalue weighted by molar-refractivity contribution is 0.435. The molecule has 0 spiro atoms. The predicted molar refractivity (Wildman–Crippen MR) is 105 cm³/mol. The van der Waals surface area contributed by atoms with Crippen LogP contribution < -0.4 is 0 Å². The fraction of sp³-hybridized carbons (Fsp3) is 0.261. The third-order valence-corrected chi connectivity index (χ3v) is 4.49. The minimum absolute atomic E-state index is 0.805. The summed E-state index contributed by atoms with van der Waals surface area (Å²) >= 11 is 0. The molecule has 0 aliphatic carbocycles. The molecule has 0 saturated heterocycles. The second kappa shape index (κ2) is 7.98. The Kier molecular flexibility index (Phi) is 5.49. The van der Waals surface area contributed by atoms with Crippen molar-refractivity contribution in [1.29, 1.82) is 0 Å². The molecule has 1 heterocycles. The van der Waals surface area contributed by atoms with E-state index in [0.29, 0.717) is 0 Å². The second-order valence-corrected chi connectivity index (χ2v) is 6.59. The highest BCUT2D eigenvalue weighted by Gasteiger charge is 2.09. The van der Waals surface area contributed by atoms with Crippen LogP contribution in [0.3, 0.4) is 0 Å². The van der Waals surface area contributed by atoms with Crippen LogP contribution in [0.5, 0.6) is 0 Å². The SMILES string of the molecule is C=C(C)c1ccc(-c2cc(-c3ccc(CCCCC)cc3)on2)cc1. The molecule has 2 aromatic carbocycles. The number of hydrogen-bond acceptors (Lipinski definition) is 2. The van der Waals surface area contributed by atoms with Crippen molar-refractivity contribution in [3.63, 3.8) is 0 Å². The number of rotatable bonds is 7. The van der Waals surface area contributed by atoms with Gasteiger partial charge in [-0.2, -0.15) is 0 Å². The summed E-state index contributed by atoms with van der Waals surface area (Å²) in [7, 11) is 0. The quantitative estimate of drug-likeness (QED) is 0.446. The van der Waals surface area contributed by atoms with Gasteiger partial charge in [-0.05, 0) is 30.9 Å². The molecule has 3 aromatic rings. The van der Waals surface area contributed by atoms with Crippen LogP contribution in [0, 0.1) is 0 Å². The van der Waals surface area contributed by atoms with Gasteiger partial charge in [0.2, 0.25) is 0 Å². The van der Waals surface area contributed by atoms with Crippen molar-refractivity contribution >= 4 is 5.57 Å². The Hall–Kier alpha value is -2.61. The smallest absolute Gasteiger partial charge is 0.167 e. The molecule has 128 valence electrons. The van der Waals surface area contributed by atoms with Gasteiger partial charge in [0.25, 0.3) is 0 Å². The summed E-state index contributed by atoms with van der Waals surface area (Å²) in [6.45, 7) is 8.21. The van der Waals surface area contributed by atoms with Crippen molar-refractivity contribution in [2.24, 2.45) is 0 Å². The largest absolute Gasteiger partial charge is 0.356 e. The minimum Gasteiger partial charge on any atom is -0.356 e. The van der Waals surface area contributed by atoms with Crippen LogP contribution in [0.15, 0.2) is 65.7 Å². The molecular formula is C23H25NO. The molecule has 0 amide bonds. The van der Waals surface area contributed by atoms with Crippen LogP contribution >= 0.6 is 0 Å². The average Bonchev–Trinajstić information content (AvgIpc) is 3.13. The van der Waals surface area contributed by atoms with E-state index >= 15 is 0 Å². The van der Waals surface area contributed by atoms with Crippen LogP contribution in [0.4, 0.5) is 0 Å². The molecule has 0 saturated carbocycles. The molecule has 1 aromatic heterocycles. The fourth-order valence-corrected chi connectivity index (χ4v) is 2.89. The summed E-state index contributed by atoms with van der Waals surface area (Å²) in [5.41, 5.74) is 6.56.